The molecule has 0 aliphatic rings. The summed E-state index contributed by atoms with van der Waals surface area (Å²) in [6.07, 6.45) is 3.70. The summed E-state index contributed by atoms with van der Waals surface area (Å²) in [5, 5.41) is 2.26. The van der Waals surface area contributed by atoms with E-state index in [4.69, 9.17) is 4.74 Å². The van der Waals surface area contributed by atoms with E-state index in [9.17, 15) is 0 Å². The van der Waals surface area contributed by atoms with E-state index < -0.39 is 0 Å². The molecule has 0 spiro atoms. The second-order valence-corrected chi connectivity index (χ2v) is 3.97. The monoisotopic (exact) mass is 236 g/mol. The van der Waals surface area contributed by atoms with Crippen molar-refractivity contribution in [2.45, 2.75) is 0 Å². The average molecular weight is 236 g/mol. The number of hydrogen-bond acceptors (Lipinski definition) is 3. The predicted octanol–water partition coefficient (Wildman–Crippen LogP) is 3.31. The van der Waals surface area contributed by atoms with Gasteiger partial charge in [-0.3, -0.25) is 4.98 Å². The zero-order valence-electron chi connectivity index (χ0n) is 10.00. The Kier molecular flexibility index (Phi) is 2.65. The molecule has 0 aliphatic heterocycles. The molecule has 2 heterocycles. The van der Waals surface area contributed by atoms with Gasteiger partial charge in [-0.2, -0.15) is 0 Å². The molecule has 1 aromatic carbocycles. The quantitative estimate of drug-likeness (QED) is 0.684. The van der Waals surface area contributed by atoms with Gasteiger partial charge in [0.15, 0.2) is 0 Å². The van der Waals surface area contributed by atoms with Crippen LogP contribution in [0.3, 0.4) is 0 Å². The van der Waals surface area contributed by atoms with Crippen molar-refractivity contribution in [3.63, 3.8) is 0 Å². The largest absolute Gasteiger partial charge is 0.481 e. The first-order chi connectivity index (χ1) is 8.88. The molecule has 3 aromatic rings. The number of aromatic nitrogens is 2. The van der Waals surface area contributed by atoms with Crippen LogP contribution in [0, 0.1) is 0 Å². The number of pyridine rings is 2. The summed E-state index contributed by atoms with van der Waals surface area (Å²) in [6.45, 7) is 0. The first-order valence-corrected chi connectivity index (χ1v) is 5.72. The standard InChI is InChI=1S/C15H12N2O/c1-18-15-8-4-7-14(17-15)13-10-16-9-11-5-2-3-6-12(11)13/h2-10H,1H3. The van der Waals surface area contributed by atoms with Crippen LogP contribution in [0.1, 0.15) is 0 Å². The Morgan fingerprint density at radius 1 is 0.944 bits per heavy atom. The smallest absolute Gasteiger partial charge is 0.213 e. The van der Waals surface area contributed by atoms with Crippen molar-refractivity contribution in [2.75, 3.05) is 7.11 Å². The van der Waals surface area contributed by atoms with Crippen LogP contribution in [-0.4, -0.2) is 17.1 Å². The van der Waals surface area contributed by atoms with Gasteiger partial charge < -0.3 is 4.74 Å². The maximum Gasteiger partial charge on any atom is 0.213 e. The number of rotatable bonds is 2. The molecule has 0 atom stereocenters. The van der Waals surface area contributed by atoms with Crippen molar-refractivity contribution >= 4 is 10.8 Å². The van der Waals surface area contributed by atoms with Gasteiger partial charge in [-0.15, -0.1) is 0 Å². The Morgan fingerprint density at radius 3 is 2.72 bits per heavy atom. The van der Waals surface area contributed by atoms with E-state index in [-0.39, 0.29) is 0 Å². The Bertz CT molecular complexity index is 689. The first-order valence-electron chi connectivity index (χ1n) is 5.72. The van der Waals surface area contributed by atoms with Crippen molar-refractivity contribution in [1.82, 2.24) is 9.97 Å². The summed E-state index contributed by atoms with van der Waals surface area (Å²) in [6, 6.07) is 13.9. The minimum atomic E-state index is 0.612. The van der Waals surface area contributed by atoms with Crippen LogP contribution < -0.4 is 4.74 Å². The van der Waals surface area contributed by atoms with Crippen molar-refractivity contribution in [3.05, 3.63) is 54.9 Å². The molecule has 2 aromatic heterocycles. The number of nitrogens with zero attached hydrogens (tertiary/aromatic N) is 2. The van der Waals surface area contributed by atoms with E-state index in [2.05, 4.69) is 16.0 Å². The van der Waals surface area contributed by atoms with Crippen molar-refractivity contribution in [1.29, 1.82) is 0 Å². The van der Waals surface area contributed by atoms with Crippen LogP contribution in [0.5, 0.6) is 5.88 Å². The van der Waals surface area contributed by atoms with Crippen molar-refractivity contribution in [3.8, 4) is 17.1 Å². The Hall–Kier alpha value is -2.42. The zero-order chi connectivity index (χ0) is 12.4. The minimum absolute atomic E-state index is 0.612. The lowest BCUT2D eigenvalue weighted by molar-refractivity contribution is 0.398. The molecule has 0 radical (unpaired) electrons. The number of ether oxygens (including phenoxy) is 1. The molecule has 0 saturated carbocycles. The van der Waals surface area contributed by atoms with Gasteiger partial charge in [-0.1, -0.05) is 30.3 Å². The fraction of sp³-hybridized carbons (Fsp3) is 0.0667. The molecule has 0 fully saturated rings. The van der Waals surface area contributed by atoms with Crippen LogP contribution in [0.25, 0.3) is 22.0 Å². The highest BCUT2D eigenvalue weighted by molar-refractivity contribution is 5.94. The molecule has 0 bridgehead atoms. The SMILES string of the molecule is COc1cccc(-c2cncc3ccccc23)n1. The van der Waals surface area contributed by atoms with Gasteiger partial charge in [-0.05, 0) is 11.5 Å². The minimum Gasteiger partial charge on any atom is -0.481 e. The topological polar surface area (TPSA) is 35.0 Å². The maximum atomic E-state index is 5.16. The molecule has 18 heavy (non-hydrogen) atoms. The lowest BCUT2D eigenvalue weighted by Crippen LogP contribution is -1.91. The third-order valence-electron chi connectivity index (χ3n) is 2.88. The average Bonchev–Trinajstić information content (AvgIpc) is 2.47. The fourth-order valence-corrected chi connectivity index (χ4v) is 2.00. The number of hydrogen-bond donors (Lipinski definition) is 0. The van der Waals surface area contributed by atoms with Crippen LogP contribution in [0.2, 0.25) is 0 Å². The van der Waals surface area contributed by atoms with Gasteiger partial charge >= 0.3 is 0 Å². The van der Waals surface area contributed by atoms with Gasteiger partial charge in [0.05, 0.1) is 12.8 Å². The van der Waals surface area contributed by atoms with E-state index in [0.717, 1.165) is 22.0 Å². The Morgan fingerprint density at radius 2 is 1.83 bits per heavy atom. The summed E-state index contributed by atoms with van der Waals surface area (Å²) in [7, 11) is 1.62. The highest BCUT2D eigenvalue weighted by Gasteiger charge is 2.06. The third-order valence-corrected chi connectivity index (χ3v) is 2.88. The third kappa shape index (κ3) is 1.80. The number of fused-ring (bicyclic) bond motifs is 1. The molecule has 3 rings (SSSR count). The molecule has 0 unspecified atom stereocenters. The Balaban J connectivity index is 2.24. The first kappa shape index (κ1) is 10.7. The summed E-state index contributed by atoms with van der Waals surface area (Å²) >= 11 is 0. The van der Waals surface area contributed by atoms with Crippen LogP contribution >= 0.6 is 0 Å². The van der Waals surface area contributed by atoms with Crippen LogP contribution in [-0.2, 0) is 0 Å². The van der Waals surface area contributed by atoms with E-state index in [1.807, 2.05) is 48.8 Å². The summed E-state index contributed by atoms with van der Waals surface area (Å²) in [5.41, 5.74) is 1.89. The highest BCUT2D eigenvalue weighted by Crippen LogP contribution is 2.27. The molecule has 0 N–H and O–H groups in total. The second kappa shape index (κ2) is 4.45. The van der Waals surface area contributed by atoms with E-state index in [1.165, 1.54) is 0 Å². The van der Waals surface area contributed by atoms with Crippen LogP contribution in [0.15, 0.2) is 54.9 Å². The molecule has 3 heteroatoms. The van der Waals surface area contributed by atoms with Gasteiger partial charge in [0.1, 0.15) is 0 Å². The molecular weight excluding hydrogens is 224 g/mol. The van der Waals surface area contributed by atoms with Gasteiger partial charge in [0.2, 0.25) is 5.88 Å². The summed E-state index contributed by atoms with van der Waals surface area (Å²) < 4.78 is 5.16. The molecule has 0 saturated heterocycles. The molecule has 0 amide bonds. The van der Waals surface area contributed by atoms with Crippen molar-refractivity contribution in [2.24, 2.45) is 0 Å². The van der Waals surface area contributed by atoms with Gasteiger partial charge in [-0.25, -0.2) is 4.98 Å². The zero-order valence-corrected chi connectivity index (χ0v) is 10.00. The van der Waals surface area contributed by atoms with Gasteiger partial charge in [0, 0.05) is 29.4 Å². The maximum absolute atomic E-state index is 5.16. The molecule has 0 aliphatic carbocycles. The van der Waals surface area contributed by atoms with E-state index in [0.29, 0.717) is 5.88 Å². The molecular formula is C15H12N2O. The lowest BCUT2D eigenvalue weighted by atomic mass is 10.1. The summed E-state index contributed by atoms with van der Waals surface area (Å²) in [4.78, 5) is 8.71. The number of methoxy groups -OCH3 is 1. The van der Waals surface area contributed by atoms with Crippen molar-refractivity contribution < 1.29 is 4.74 Å². The van der Waals surface area contributed by atoms with E-state index in [1.54, 1.807) is 7.11 Å². The molecule has 88 valence electrons. The predicted molar refractivity (Wildman–Crippen MR) is 71.5 cm³/mol. The highest BCUT2D eigenvalue weighted by atomic mass is 16.5. The second-order valence-electron chi connectivity index (χ2n) is 3.97. The van der Waals surface area contributed by atoms with Gasteiger partial charge in [0.25, 0.3) is 0 Å². The lowest BCUT2D eigenvalue weighted by Gasteiger charge is -2.06. The molecule has 3 nitrogen and oxygen atoms in total. The van der Waals surface area contributed by atoms with E-state index >= 15 is 0 Å². The fourth-order valence-electron chi connectivity index (χ4n) is 2.00. The number of benzene rings is 1. The van der Waals surface area contributed by atoms with Crippen LogP contribution in [0.4, 0.5) is 0 Å². The Labute approximate surface area is 105 Å². The normalized spacial score (nSPS) is 10.5. The summed E-state index contributed by atoms with van der Waals surface area (Å²) in [5.74, 6) is 0.612.